The highest BCUT2D eigenvalue weighted by atomic mass is 16.5. The molecule has 0 spiro atoms. The first-order valence-corrected chi connectivity index (χ1v) is 5.31. The van der Waals surface area contributed by atoms with E-state index in [0.29, 0.717) is 28.5 Å². The van der Waals surface area contributed by atoms with Crippen molar-refractivity contribution in [1.29, 1.82) is 0 Å². The summed E-state index contributed by atoms with van der Waals surface area (Å²) >= 11 is 0. The zero-order chi connectivity index (χ0) is 13.1. The molecule has 6 heteroatoms. The summed E-state index contributed by atoms with van der Waals surface area (Å²) in [4.78, 5) is 4.27. The molecule has 1 heterocycles. The van der Waals surface area contributed by atoms with Crippen molar-refractivity contribution in [3.63, 3.8) is 0 Å². The predicted molar refractivity (Wildman–Crippen MR) is 69.2 cm³/mol. The number of nitrogen functional groups attached to an aromatic ring is 1. The molecule has 2 rings (SSSR count). The van der Waals surface area contributed by atoms with Crippen LogP contribution in [0.3, 0.4) is 0 Å². The Morgan fingerprint density at radius 3 is 2.39 bits per heavy atom. The van der Waals surface area contributed by atoms with Crippen LogP contribution < -0.4 is 25.5 Å². The van der Waals surface area contributed by atoms with E-state index in [1.165, 1.54) is 0 Å². The molecule has 1 aromatic heterocycles. The van der Waals surface area contributed by atoms with Crippen LogP contribution in [0.1, 0.15) is 0 Å². The van der Waals surface area contributed by atoms with Gasteiger partial charge in [0, 0.05) is 12.3 Å². The van der Waals surface area contributed by atoms with E-state index in [9.17, 15) is 0 Å². The largest absolute Gasteiger partial charge is 0.493 e. The highest BCUT2D eigenvalue weighted by molar-refractivity contribution is 5.99. The first-order chi connectivity index (χ1) is 8.76. The second kappa shape index (κ2) is 4.97. The molecule has 0 unspecified atom stereocenters. The molecule has 0 bridgehead atoms. The number of fused-ring (bicyclic) bond motifs is 1. The van der Waals surface area contributed by atoms with Crippen LogP contribution in [0.2, 0.25) is 0 Å². The molecule has 0 saturated carbocycles. The minimum Gasteiger partial charge on any atom is -0.493 e. The maximum absolute atomic E-state index is 5.50. The Balaban J connectivity index is 2.88. The highest BCUT2D eigenvalue weighted by Crippen LogP contribution is 2.44. The fourth-order valence-corrected chi connectivity index (χ4v) is 1.90. The monoisotopic (exact) mass is 249 g/mol. The Bertz CT molecular complexity index is 572. The number of nitrogens with one attached hydrogen (secondary N) is 1. The number of aromatic nitrogens is 1. The quantitative estimate of drug-likeness (QED) is 0.632. The standard InChI is InChI=1S/C12H15N3O3/c1-16-9-6-8-10(7(15-13)4-5-14-8)12(18-3)11(9)17-2/h4-6H,13H2,1-3H3,(H,14,15). The van der Waals surface area contributed by atoms with Crippen molar-refractivity contribution in [2.45, 2.75) is 0 Å². The Hall–Kier alpha value is -2.21. The van der Waals surface area contributed by atoms with Gasteiger partial charge in [0.1, 0.15) is 0 Å². The third-order valence-corrected chi connectivity index (χ3v) is 2.69. The van der Waals surface area contributed by atoms with Crippen molar-refractivity contribution >= 4 is 16.6 Å². The molecular weight excluding hydrogens is 234 g/mol. The SMILES string of the molecule is COc1cc2nccc(NN)c2c(OC)c1OC. The van der Waals surface area contributed by atoms with E-state index in [0.717, 1.165) is 5.39 Å². The van der Waals surface area contributed by atoms with Crippen molar-refractivity contribution in [2.75, 3.05) is 26.8 Å². The lowest BCUT2D eigenvalue weighted by Gasteiger charge is -2.16. The van der Waals surface area contributed by atoms with Gasteiger partial charge in [-0.25, -0.2) is 0 Å². The van der Waals surface area contributed by atoms with Crippen LogP contribution in [-0.4, -0.2) is 26.3 Å². The number of anilines is 1. The molecule has 0 aliphatic rings. The summed E-state index contributed by atoms with van der Waals surface area (Å²) in [5.41, 5.74) is 4.03. The molecule has 6 nitrogen and oxygen atoms in total. The van der Waals surface area contributed by atoms with Crippen LogP contribution in [0.25, 0.3) is 10.9 Å². The number of nitrogens with two attached hydrogens (primary N) is 1. The molecule has 2 aromatic rings. The average molecular weight is 249 g/mol. The molecule has 0 fully saturated rings. The number of rotatable bonds is 4. The number of benzene rings is 1. The van der Waals surface area contributed by atoms with Crippen LogP contribution in [-0.2, 0) is 0 Å². The Morgan fingerprint density at radius 1 is 1.11 bits per heavy atom. The van der Waals surface area contributed by atoms with Crippen molar-refractivity contribution in [2.24, 2.45) is 5.84 Å². The van der Waals surface area contributed by atoms with Crippen LogP contribution in [0.5, 0.6) is 17.2 Å². The van der Waals surface area contributed by atoms with Gasteiger partial charge in [-0.3, -0.25) is 10.8 Å². The van der Waals surface area contributed by atoms with Crippen molar-refractivity contribution < 1.29 is 14.2 Å². The van der Waals surface area contributed by atoms with Crippen LogP contribution >= 0.6 is 0 Å². The van der Waals surface area contributed by atoms with Gasteiger partial charge >= 0.3 is 0 Å². The average Bonchev–Trinajstić information content (AvgIpc) is 2.43. The summed E-state index contributed by atoms with van der Waals surface area (Å²) in [7, 11) is 4.68. The first-order valence-electron chi connectivity index (χ1n) is 5.31. The van der Waals surface area contributed by atoms with Gasteiger partial charge in [0.05, 0.1) is 37.9 Å². The molecule has 18 heavy (non-hydrogen) atoms. The van der Waals surface area contributed by atoms with Gasteiger partial charge in [0.25, 0.3) is 0 Å². The Morgan fingerprint density at radius 2 is 1.83 bits per heavy atom. The molecule has 0 atom stereocenters. The number of pyridine rings is 1. The molecule has 1 aromatic carbocycles. The number of hydrogen-bond acceptors (Lipinski definition) is 6. The summed E-state index contributed by atoms with van der Waals surface area (Å²) < 4.78 is 16.0. The van der Waals surface area contributed by atoms with Gasteiger partial charge in [0.2, 0.25) is 5.75 Å². The van der Waals surface area contributed by atoms with E-state index in [-0.39, 0.29) is 0 Å². The van der Waals surface area contributed by atoms with Crippen molar-refractivity contribution in [3.8, 4) is 17.2 Å². The summed E-state index contributed by atoms with van der Waals surface area (Å²) in [6.07, 6.45) is 1.66. The normalized spacial score (nSPS) is 10.2. The van der Waals surface area contributed by atoms with E-state index in [2.05, 4.69) is 10.4 Å². The van der Waals surface area contributed by atoms with Crippen molar-refractivity contribution in [1.82, 2.24) is 4.98 Å². The van der Waals surface area contributed by atoms with Gasteiger partial charge in [-0.05, 0) is 6.07 Å². The van der Waals surface area contributed by atoms with Gasteiger partial charge in [0.15, 0.2) is 11.5 Å². The zero-order valence-corrected chi connectivity index (χ0v) is 10.5. The smallest absolute Gasteiger partial charge is 0.204 e. The molecule has 0 aliphatic carbocycles. The van der Waals surface area contributed by atoms with E-state index in [4.69, 9.17) is 20.1 Å². The van der Waals surface area contributed by atoms with Gasteiger partial charge < -0.3 is 19.6 Å². The molecule has 0 radical (unpaired) electrons. The van der Waals surface area contributed by atoms with Crippen LogP contribution in [0.4, 0.5) is 5.69 Å². The Labute approximate surface area is 105 Å². The first kappa shape index (κ1) is 12.3. The number of hydrogen-bond donors (Lipinski definition) is 2. The molecule has 96 valence electrons. The van der Waals surface area contributed by atoms with Gasteiger partial charge in [-0.1, -0.05) is 0 Å². The zero-order valence-electron chi connectivity index (χ0n) is 10.5. The third kappa shape index (κ3) is 1.76. The van der Waals surface area contributed by atoms with Crippen molar-refractivity contribution in [3.05, 3.63) is 18.3 Å². The Kier molecular flexibility index (Phi) is 3.38. The maximum Gasteiger partial charge on any atom is 0.204 e. The lowest BCUT2D eigenvalue weighted by Crippen LogP contribution is -2.08. The maximum atomic E-state index is 5.50. The van der Waals surface area contributed by atoms with E-state index in [1.54, 1.807) is 39.7 Å². The minimum absolute atomic E-state index is 0.511. The number of methoxy groups -OCH3 is 3. The van der Waals surface area contributed by atoms with Gasteiger partial charge in [-0.2, -0.15) is 0 Å². The number of nitrogens with zero attached hydrogens (tertiary/aromatic N) is 1. The van der Waals surface area contributed by atoms with Crippen LogP contribution in [0, 0.1) is 0 Å². The summed E-state index contributed by atoms with van der Waals surface area (Å²) in [5, 5.41) is 0.750. The molecule has 0 aliphatic heterocycles. The lowest BCUT2D eigenvalue weighted by molar-refractivity contribution is 0.327. The topological polar surface area (TPSA) is 78.6 Å². The van der Waals surface area contributed by atoms with Gasteiger partial charge in [-0.15, -0.1) is 0 Å². The predicted octanol–water partition coefficient (Wildman–Crippen LogP) is 1.55. The van der Waals surface area contributed by atoms with E-state index < -0.39 is 0 Å². The molecule has 3 N–H and O–H groups in total. The minimum atomic E-state index is 0.511. The molecule has 0 amide bonds. The molecular formula is C12H15N3O3. The van der Waals surface area contributed by atoms with E-state index in [1.807, 2.05) is 0 Å². The molecule has 0 saturated heterocycles. The van der Waals surface area contributed by atoms with Crippen LogP contribution in [0.15, 0.2) is 18.3 Å². The third-order valence-electron chi connectivity index (χ3n) is 2.69. The van der Waals surface area contributed by atoms with E-state index >= 15 is 0 Å². The fraction of sp³-hybridized carbons (Fsp3) is 0.250. The summed E-state index contributed by atoms with van der Waals surface area (Å²) in [5.74, 6) is 7.10. The second-order valence-electron chi connectivity index (χ2n) is 3.54. The highest BCUT2D eigenvalue weighted by Gasteiger charge is 2.18. The number of ether oxygens (including phenoxy) is 3. The lowest BCUT2D eigenvalue weighted by atomic mass is 10.1. The summed E-state index contributed by atoms with van der Waals surface area (Å²) in [6.45, 7) is 0. The number of hydrazine groups is 1. The summed E-state index contributed by atoms with van der Waals surface area (Å²) in [6, 6.07) is 3.54. The second-order valence-corrected chi connectivity index (χ2v) is 3.54. The fourth-order valence-electron chi connectivity index (χ4n) is 1.90.